The number of nitrogens with zero attached hydrogens (tertiary/aromatic N) is 1. The Bertz CT molecular complexity index is 1040. The molecule has 1 aromatic heterocycles. The number of hydrogen-bond donors (Lipinski definition) is 2. The van der Waals surface area contributed by atoms with Crippen molar-refractivity contribution in [2.45, 2.75) is 5.75 Å². The van der Waals surface area contributed by atoms with Crippen LogP contribution >= 0.6 is 0 Å². The van der Waals surface area contributed by atoms with Crippen LogP contribution in [-0.4, -0.2) is 26.4 Å². The molecule has 0 bridgehead atoms. The zero-order valence-corrected chi connectivity index (χ0v) is 15.5. The van der Waals surface area contributed by atoms with Gasteiger partial charge in [-0.1, -0.05) is 36.4 Å². The zero-order valence-electron chi connectivity index (χ0n) is 14.7. The third-order valence-corrected chi connectivity index (χ3v) is 5.19. The summed E-state index contributed by atoms with van der Waals surface area (Å²) < 4.78 is 27.5. The van der Waals surface area contributed by atoms with E-state index in [4.69, 9.17) is 0 Å². The van der Waals surface area contributed by atoms with Gasteiger partial charge in [-0.2, -0.15) is 0 Å². The van der Waals surface area contributed by atoms with Gasteiger partial charge < -0.3 is 5.32 Å². The summed E-state index contributed by atoms with van der Waals surface area (Å²) in [6.07, 6.45) is 3.11. The lowest BCUT2D eigenvalue weighted by Crippen LogP contribution is -2.19. The van der Waals surface area contributed by atoms with E-state index in [1.807, 2.05) is 30.3 Å². The predicted molar refractivity (Wildman–Crippen MR) is 106 cm³/mol. The molecule has 27 heavy (non-hydrogen) atoms. The summed E-state index contributed by atoms with van der Waals surface area (Å²) in [5.41, 5.74) is 2.93. The van der Waals surface area contributed by atoms with E-state index in [0.717, 1.165) is 5.56 Å². The fraction of sp³-hybridized carbons (Fsp3) is 0.100. The van der Waals surface area contributed by atoms with Crippen molar-refractivity contribution in [3.63, 3.8) is 0 Å². The molecular weight excluding hydrogens is 362 g/mol. The highest BCUT2D eigenvalue weighted by Crippen LogP contribution is 2.28. The first-order valence-corrected chi connectivity index (χ1v) is 9.95. The molecule has 0 aliphatic carbocycles. The summed E-state index contributed by atoms with van der Waals surface area (Å²) in [7, 11) is -2.06. The molecule has 0 radical (unpaired) electrons. The van der Waals surface area contributed by atoms with Crippen LogP contribution in [0, 0.1) is 0 Å². The molecule has 1 amide bonds. The Balaban J connectivity index is 1.94. The molecule has 7 heteroatoms. The number of nitrogens with one attached hydrogen (secondary N) is 2. The lowest BCUT2D eigenvalue weighted by Gasteiger charge is -2.13. The Morgan fingerprint density at radius 1 is 1.04 bits per heavy atom. The van der Waals surface area contributed by atoms with Gasteiger partial charge in [-0.05, 0) is 41.0 Å². The average Bonchev–Trinajstić information content (AvgIpc) is 2.68. The van der Waals surface area contributed by atoms with Crippen molar-refractivity contribution in [2.75, 3.05) is 11.8 Å². The summed E-state index contributed by atoms with van der Waals surface area (Å²) in [5.74, 6) is -0.419. The quantitative estimate of drug-likeness (QED) is 0.687. The minimum Gasteiger partial charge on any atom is -0.355 e. The summed E-state index contributed by atoms with van der Waals surface area (Å²) >= 11 is 0. The fourth-order valence-electron chi connectivity index (χ4n) is 2.72. The highest BCUT2D eigenvalue weighted by atomic mass is 32.2. The molecule has 6 nitrogen and oxygen atoms in total. The van der Waals surface area contributed by atoms with E-state index >= 15 is 0 Å². The molecule has 0 spiro atoms. The van der Waals surface area contributed by atoms with Crippen molar-refractivity contribution in [3.05, 3.63) is 84.2 Å². The normalized spacial score (nSPS) is 11.0. The van der Waals surface area contributed by atoms with Crippen LogP contribution in [0.5, 0.6) is 0 Å². The molecule has 138 valence electrons. The zero-order chi connectivity index (χ0) is 19.3. The molecule has 0 saturated heterocycles. The molecule has 0 aliphatic rings. The molecule has 0 fully saturated rings. The molecule has 3 aromatic rings. The summed E-state index contributed by atoms with van der Waals surface area (Å²) in [5, 5.41) is 2.61. The highest BCUT2D eigenvalue weighted by molar-refractivity contribution is 7.91. The van der Waals surface area contributed by atoms with Gasteiger partial charge in [-0.15, -0.1) is 0 Å². The topological polar surface area (TPSA) is 88.2 Å². The molecule has 3 rings (SSSR count). The maximum absolute atomic E-state index is 12.5. The van der Waals surface area contributed by atoms with E-state index in [2.05, 4.69) is 15.0 Å². The minimum atomic E-state index is -3.62. The van der Waals surface area contributed by atoms with Gasteiger partial charge in [0.1, 0.15) is 0 Å². The molecule has 0 unspecified atom stereocenters. The molecule has 1 heterocycles. The number of hydrogen-bond acceptors (Lipinski definition) is 4. The number of rotatable bonds is 6. The van der Waals surface area contributed by atoms with Crippen LogP contribution < -0.4 is 10.0 Å². The highest BCUT2D eigenvalue weighted by Gasteiger charge is 2.16. The maximum Gasteiger partial charge on any atom is 0.251 e. The number of anilines is 1. The minimum absolute atomic E-state index is 0.182. The van der Waals surface area contributed by atoms with Crippen molar-refractivity contribution < 1.29 is 13.2 Å². The SMILES string of the molecule is CNC(=O)c1ccc(NS(=O)(=O)Cc2cccnc2)cc1-c1ccccc1. The standard InChI is InChI=1S/C20H19N3O3S/c1-21-20(24)18-10-9-17(12-19(18)16-7-3-2-4-8-16)23-27(25,26)14-15-6-5-11-22-13-15/h2-13,23H,14H2,1H3,(H,21,24). The van der Waals surface area contributed by atoms with E-state index in [1.54, 1.807) is 43.6 Å². The van der Waals surface area contributed by atoms with E-state index in [9.17, 15) is 13.2 Å². The number of sulfonamides is 1. The first-order valence-electron chi connectivity index (χ1n) is 8.29. The Kier molecular flexibility index (Phi) is 5.52. The number of carbonyl (C=O) groups excluding carboxylic acids is 1. The van der Waals surface area contributed by atoms with Gasteiger partial charge >= 0.3 is 0 Å². The summed E-state index contributed by atoms with van der Waals surface area (Å²) in [4.78, 5) is 16.1. The molecule has 0 saturated carbocycles. The van der Waals surface area contributed by atoms with Crippen LogP contribution in [0.4, 0.5) is 5.69 Å². The monoisotopic (exact) mass is 381 g/mol. The van der Waals surface area contributed by atoms with Crippen molar-refractivity contribution >= 4 is 21.6 Å². The van der Waals surface area contributed by atoms with Crippen LogP contribution in [0.15, 0.2) is 73.1 Å². The smallest absolute Gasteiger partial charge is 0.251 e. The van der Waals surface area contributed by atoms with Gasteiger partial charge in [0.15, 0.2) is 0 Å². The largest absolute Gasteiger partial charge is 0.355 e. The number of carbonyl (C=O) groups is 1. The summed E-state index contributed by atoms with van der Waals surface area (Å²) in [6.45, 7) is 0. The lowest BCUT2D eigenvalue weighted by atomic mass is 9.98. The maximum atomic E-state index is 12.5. The first kappa shape index (κ1) is 18.6. The van der Waals surface area contributed by atoms with Crippen LogP contribution in [-0.2, 0) is 15.8 Å². The van der Waals surface area contributed by atoms with E-state index in [-0.39, 0.29) is 11.7 Å². The molecule has 2 N–H and O–H groups in total. The van der Waals surface area contributed by atoms with Crippen LogP contribution in [0.3, 0.4) is 0 Å². The van der Waals surface area contributed by atoms with Gasteiger partial charge in [0.2, 0.25) is 10.0 Å². The number of pyridine rings is 1. The van der Waals surface area contributed by atoms with E-state index < -0.39 is 10.0 Å². The Labute approximate surface area is 158 Å². The third kappa shape index (κ3) is 4.71. The lowest BCUT2D eigenvalue weighted by molar-refractivity contribution is 0.0963. The second-order valence-corrected chi connectivity index (χ2v) is 7.65. The van der Waals surface area contributed by atoms with E-state index in [0.29, 0.717) is 22.4 Å². The van der Waals surface area contributed by atoms with E-state index in [1.165, 1.54) is 6.20 Å². The Morgan fingerprint density at radius 3 is 2.48 bits per heavy atom. The molecule has 0 atom stereocenters. The third-order valence-electron chi connectivity index (χ3n) is 3.93. The van der Waals surface area contributed by atoms with Gasteiger partial charge in [-0.3, -0.25) is 14.5 Å². The molecule has 2 aromatic carbocycles. The van der Waals surface area contributed by atoms with Crippen LogP contribution in [0.1, 0.15) is 15.9 Å². The number of benzene rings is 2. The fourth-order valence-corrected chi connectivity index (χ4v) is 3.88. The Hall–Kier alpha value is -3.19. The number of aromatic nitrogens is 1. The van der Waals surface area contributed by atoms with Crippen molar-refractivity contribution in [1.82, 2.24) is 10.3 Å². The Morgan fingerprint density at radius 2 is 1.81 bits per heavy atom. The second kappa shape index (κ2) is 8.01. The van der Waals surface area contributed by atoms with Crippen LogP contribution in [0.2, 0.25) is 0 Å². The second-order valence-electron chi connectivity index (χ2n) is 5.93. The molecular formula is C20H19N3O3S. The van der Waals surface area contributed by atoms with Crippen molar-refractivity contribution in [1.29, 1.82) is 0 Å². The van der Waals surface area contributed by atoms with Crippen molar-refractivity contribution in [3.8, 4) is 11.1 Å². The average molecular weight is 381 g/mol. The van der Waals surface area contributed by atoms with Gasteiger partial charge in [0, 0.05) is 30.7 Å². The van der Waals surface area contributed by atoms with Gasteiger partial charge in [0.25, 0.3) is 5.91 Å². The van der Waals surface area contributed by atoms with Crippen LogP contribution in [0.25, 0.3) is 11.1 Å². The van der Waals surface area contributed by atoms with Gasteiger partial charge in [-0.25, -0.2) is 8.42 Å². The summed E-state index contributed by atoms with van der Waals surface area (Å²) in [6, 6.07) is 17.6. The van der Waals surface area contributed by atoms with Crippen molar-refractivity contribution in [2.24, 2.45) is 0 Å². The first-order chi connectivity index (χ1) is 13.0. The predicted octanol–water partition coefficient (Wildman–Crippen LogP) is 3.05. The van der Waals surface area contributed by atoms with Gasteiger partial charge in [0.05, 0.1) is 5.75 Å². The molecule has 0 aliphatic heterocycles. The number of amides is 1.